The summed E-state index contributed by atoms with van der Waals surface area (Å²) in [5.74, 6) is -0.958. The second-order valence-electron chi connectivity index (χ2n) is 8.64. The third-order valence-corrected chi connectivity index (χ3v) is 5.44. The highest BCUT2D eigenvalue weighted by atomic mass is 16.4. The molecule has 0 unspecified atom stereocenters. The molecule has 0 heterocycles. The molecular weight excluding hydrogens is 334 g/mol. The largest absolute Gasteiger partial charge is 0.550 e. The number of hydrogen-bond donors (Lipinski definition) is 0. The molecule has 0 aliphatic carbocycles. The number of hydrogen-bond acceptors (Lipinski definition) is 2. The van der Waals surface area contributed by atoms with Crippen molar-refractivity contribution in [2.24, 2.45) is 0 Å². The van der Waals surface area contributed by atoms with Gasteiger partial charge < -0.3 is 14.4 Å². The molecule has 3 heteroatoms. The number of nitrogens with zero attached hydrogens (tertiary/aromatic N) is 1. The number of rotatable bonds is 16. The molecule has 1 rings (SSSR count). The highest BCUT2D eigenvalue weighted by molar-refractivity contribution is 5.64. The van der Waals surface area contributed by atoms with E-state index in [1.165, 1.54) is 75.3 Å². The smallest absolute Gasteiger partial charge is 0.104 e. The molecule has 1 aromatic rings. The minimum Gasteiger partial charge on any atom is -0.550 e. The summed E-state index contributed by atoms with van der Waals surface area (Å²) in [6.07, 6.45) is 14.9. The van der Waals surface area contributed by atoms with E-state index in [2.05, 4.69) is 45.3 Å². The second-order valence-corrected chi connectivity index (χ2v) is 8.64. The molecule has 1 aromatic carbocycles. The van der Waals surface area contributed by atoms with Gasteiger partial charge in [-0.1, -0.05) is 89.0 Å². The van der Waals surface area contributed by atoms with Crippen LogP contribution in [0.4, 0.5) is 0 Å². The highest BCUT2D eigenvalue weighted by Gasteiger charge is 2.17. The van der Waals surface area contributed by atoms with Crippen LogP contribution in [0, 0.1) is 0 Å². The Morgan fingerprint density at radius 2 is 1.37 bits per heavy atom. The van der Waals surface area contributed by atoms with Gasteiger partial charge in [0, 0.05) is 18.0 Å². The molecule has 0 fully saturated rings. The van der Waals surface area contributed by atoms with E-state index in [0.717, 1.165) is 13.0 Å². The predicted molar refractivity (Wildman–Crippen MR) is 112 cm³/mol. The zero-order valence-electron chi connectivity index (χ0n) is 18.0. The number of carbonyl (C=O) groups excluding carboxylic acids is 1. The molecular formula is C24H41NO2. The van der Waals surface area contributed by atoms with Gasteiger partial charge in [0.25, 0.3) is 0 Å². The van der Waals surface area contributed by atoms with Crippen molar-refractivity contribution in [3.8, 4) is 0 Å². The highest BCUT2D eigenvalue weighted by Crippen LogP contribution is 2.18. The van der Waals surface area contributed by atoms with E-state index in [0.29, 0.717) is 11.0 Å². The lowest BCUT2D eigenvalue weighted by atomic mass is 9.99. The van der Waals surface area contributed by atoms with Crippen molar-refractivity contribution < 1.29 is 14.4 Å². The lowest BCUT2D eigenvalue weighted by Crippen LogP contribution is -2.42. The van der Waals surface area contributed by atoms with E-state index in [1.807, 2.05) is 0 Å². The maximum Gasteiger partial charge on any atom is 0.104 e. The first-order valence-corrected chi connectivity index (χ1v) is 11.0. The molecule has 0 N–H and O–H groups in total. The molecule has 0 atom stereocenters. The van der Waals surface area contributed by atoms with Gasteiger partial charge in [-0.2, -0.15) is 0 Å². The number of aliphatic carboxylic acids is 1. The summed E-state index contributed by atoms with van der Waals surface area (Å²) >= 11 is 0. The molecule has 27 heavy (non-hydrogen) atoms. The fourth-order valence-corrected chi connectivity index (χ4v) is 3.69. The lowest BCUT2D eigenvalue weighted by molar-refractivity contribution is -0.903. The van der Waals surface area contributed by atoms with Crippen molar-refractivity contribution in [3.63, 3.8) is 0 Å². The van der Waals surface area contributed by atoms with Crippen LogP contribution in [-0.4, -0.2) is 31.1 Å². The Kier molecular flexibility index (Phi) is 12.1. The van der Waals surface area contributed by atoms with E-state index in [1.54, 1.807) is 0 Å². The van der Waals surface area contributed by atoms with Crippen LogP contribution in [0.3, 0.4) is 0 Å². The average molecular weight is 376 g/mol. The van der Waals surface area contributed by atoms with Crippen molar-refractivity contribution in [1.29, 1.82) is 0 Å². The summed E-state index contributed by atoms with van der Waals surface area (Å²) < 4.78 is 0.684. The van der Waals surface area contributed by atoms with Crippen LogP contribution >= 0.6 is 0 Å². The van der Waals surface area contributed by atoms with Crippen LogP contribution in [0.1, 0.15) is 88.7 Å². The SMILES string of the molecule is CCCCCCCCCCCCc1ccccc1C[N+](C)(C)CCC(=O)[O-]. The number of carboxylic acids is 1. The fraction of sp³-hybridized carbons (Fsp3) is 0.708. The molecule has 0 spiro atoms. The van der Waals surface area contributed by atoms with E-state index in [9.17, 15) is 9.90 Å². The maximum absolute atomic E-state index is 10.8. The number of quaternary nitrogens is 1. The van der Waals surface area contributed by atoms with Gasteiger partial charge in [0.2, 0.25) is 0 Å². The van der Waals surface area contributed by atoms with Crippen LogP contribution in [0.15, 0.2) is 24.3 Å². The Balaban J connectivity index is 2.28. The standard InChI is InChI=1S/C24H41NO2/c1-4-5-6-7-8-9-10-11-12-13-16-22-17-14-15-18-23(22)21-25(2,3)20-19-24(26)27/h14-15,17-18H,4-13,16,19-21H2,1-3H3. The Labute approximate surface area is 167 Å². The van der Waals surface area contributed by atoms with Crippen LogP contribution in [0.2, 0.25) is 0 Å². The summed E-state index contributed by atoms with van der Waals surface area (Å²) in [7, 11) is 4.19. The number of unbranched alkanes of at least 4 members (excludes halogenated alkanes) is 9. The predicted octanol–water partition coefficient (Wildman–Crippen LogP) is 4.87. The maximum atomic E-state index is 10.8. The third kappa shape index (κ3) is 11.9. The monoisotopic (exact) mass is 375 g/mol. The van der Waals surface area contributed by atoms with Crippen molar-refractivity contribution in [2.45, 2.75) is 90.5 Å². The topological polar surface area (TPSA) is 40.1 Å². The van der Waals surface area contributed by atoms with Gasteiger partial charge in [-0.05, 0) is 18.4 Å². The van der Waals surface area contributed by atoms with E-state index in [-0.39, 0.29) is 6.42 Å². The van der Waals surface area contributed by atoms with Gasteiger partial charge in [-0.3, -0.25) is 0 Å². The van der Waals surface area contributed by atoms with E-state index in [4.69, 9.17) is 0 Å². The van der Waals surface area contributed by atoms with Crippen LogP contribution in [-0.2, 0) is 17.8 Å². The minimum atomic E-state index is -0.958. The summed E-state index contributed by atoms with van der Waals surface area (Å²) in [4.78, 5) is 10.8. The van der Waals surface area contributed by atoms with Gasteiger partial charge in [0.1, 0.15) is 6.54 Å². The summed E-state index contributed by atoms with van der Waals surface area (Å²) in [5.41, 5.74) is 2.79. The molecule has 154 valence electrons. The Morgan fingerprint density at radius 3 is 1.93 bits per heavy atom. The second kappa shape index (κ2) is 13.8. The molecule has 0 bridgehead atoms. The summed E-state index contributed by atoms with van der Waals surface area (Å²) in [6.45, 7) is 3.75. The zero-order valence-corrected chi connectivity index (χ0v) is 18.0. The lowest BCUT2D eigenvalue weighted by Gasteiger charge is -2.31. The normalized spacial score (nSPS) is 11.7. The molecule has 3 nitrogen and oxygen atoms in total. The van der Waals surface area contributed by atoms with Crippen molar-refractivity contribution >= 4 is 5.97 Å². The van der Waals surface area contributed by atoms with E-state index < -0.39 is 5.97 Å². The molecule has 0 radical (unpaired) electrons. The summed E-state index contributed by atoms with van der Waals surface area (Å²) in [5, 5.41) is 10.8. The van der Waals surface area contributed by atoms with E-state index >= 15 is 0 Å². The Bertz CT molecular complexity index is 525. The van der Waals surface area contributed by atoms with Crippen LogP contribution in [0.5, 0.6) is 0 Å². The fourth-order valence-electron chi connectivity index (χ4n) is 3.69. The van der Waals surface area contributed by atoms with Gasteiger partial charge in [0.15, 0.2) is 0 Å². The van der Waals surface area contributed by atoms with Crippen molar-refractivity contribution in [3.05, 3.63) is 35.4 Å². The van der Waals surface area contributed by atoms with Gasteiger partial charge in [0.05, 0.1) is 20.6 Å². The Morgan fingerprint density at radius 1 is 0.852 bits per heavy atom. The van der Waals surface area contributed by atoms with Crippen LogP contribution in [0.25, 0.3) is 0 Å². The number of aryl methyl sites for hydroxylation is 1. The number of carbonyl (C=O) groups is 1. The van der Waals surface area contributed by atoms with Crippen molar-refractivity contribution in [2.75, 3.05) is 20.6 Å². The molecule has 0 saturated heterocycles. The average Bonchev–Trinajstić information content (AvgIpc) is 2.63. The minimum absolute atomic E-state index is 0.119. The number of carboxylic acid groups (broad SMARTS) is 1. The number of benzene rings is 1. The van der Waals surface area contributed by atoms with Gasteiger partial charge in [-0.25, -0.2) is 0 Å². The first-order chi connectivity index (χ1) is 12.9. The van der Waals surface area contributed by atoms with Crippen molar-refractivity contribution in [1.82, 2.24) is 0 Å². The first kappa shape index (κ1) is 23.7. The van der Waals surface area contributed by atoms with Gasteiger partial charge >= 0.3 is 0 Å². The summed E-state index contributed by atoms with van der Waals surface area (Å²) in [6, 6.07) is 8.65. The zero-order chi connectivity index (χ0) is 20.0. The molecule has 0 amide bonds. The van der Waals surface area contributed by atoms with Gasteiger partial charge in [-0.15, -0.1) is 0 Å². The molecule has 0 aliphatic heterocycles. The molecule has 0 aromatic heterocycles. The quantitative estimate of drug-likeness (QED) is 0.305. The third-order valence-electron chi connectivity index (χ3n) is 5.44. The first-order valence-electron chi connectivity index (χ1n) is 11.0. The molecule has 0 saturated carbocycles. The molecule has 0 aliphatic rings. The van der Waals surface area contributed by atoms with Crippen LogP contribution < -0.4 is 5.11 Å². The Hall–Kier alpha value is -1.35.